The van der Waals surface area contributed by atoms with Crippen molar-refractivity contribution in [2.24, 2.45) is 29.1 Å². The predicted octanol–water partition coefficient (Wildman–Crippen LogP) is 8.63. The summed E-state index contributed by atoms with van der Waals surface area (Å²) in [7, 11) is 0. The van der Waals surface area contributed by atoms with E-state index >= 15 is 0 Å². The summed E-state index contributed by atoms with van der Waals surface area (Å²) >= 11 is 0. The maximum Gasteiger partial charge on any atom is 0.306 e. The van der Waals surface area contributed by atoms with Crippen molar-refractivity contribution in [3.05, 3.63) is 29.3 Å². The highest BCUT2D eigenvalue weighted by atomic mass is 16.4. The minimum absolute atomic E-state index is 0.0669. The second-order valence-corrected chi connectivity index (χ2v) is 13.4. The fraction of sp³-hybridized carbons (Fsp3) is 0.794. The molecule has 4 rings (SSSR count). The average molecular weight is 527 g/mol. The van der Waals surface area contributed by atoms with E-state index in [1.165, 1.54) is 68.9 Å². The lowest BCUT2D eigenvalue weighted by Gasteiger charge is -2.54. The number of aliphatic hydroxyl groups excluding tert-OH is 1. The van der Waals surface area contributed by atoms with Crippen LogP contribution in [0.5, 0.6) is 5.75 Å². The van der Waals surface area contributed by atoms with Gasteiger partial charge in [-0.2, -0.15) is 0 Å². The molecule has 3 aliphatic carbocycles. The maximum atomic E-state index is 11.6. The highest BCUT2D eigenvalue weighted by molar-refractivity contribution is 5.69. The molecule has 1 aromatic rings. The number of carboxylic acids is 1. The number of benzene rings is 1. The van der Waals surface area contributed by atoms with Gasteiger partial charge in [0, 0.05) is 0 Å². The number of hydrogen-bond donors (Lipinski definition) is 3. The molecule has 0 saturated heterocycles. The fourth-order valence-corrected chi connectivity index (χ4v) is 8.84. The fourth-order valence-electron chi connectivity index (χ4n) is 8.84. The van der Waals surface area contributed by atoms with Gasteiger partial charge in [0.05, 0.1) is 12.0 Å². The molecule has 0 spiro atoms. The quantitative estimate of drug-likeness (QED) is 0.200. The highest BCUT2D eigenvalue weighted by Gasteiger charge is 2.57. The zero-order chi connectivity index (χ0) is 27.1. The number of aryl methyl sites for hydroxylation is 1. The maximum absolute atomic E-state index is 11.6. The Balaban J connectivity index is 1.24. The first kappa shape index (κ1) is 29.4. The molecular weight excluding hydrogens is 472 g/mol. The van der Waals surface area contributed by atoms with E-state index in [1.54, 1.807) is 0 Å². The van der Waals surface area contributed by atoms with Crippen LogP contribution in [-0.2, 0) is 11.2 Å². The van der Waals surface area contributed by atoms with Crippen molar-refractivity contribution in [1.82, 2.24) is 0 Å². The molecule has 2 saturated carbocycles. The van der Waals surface area contributed by atoms with Crippen LogP contribution in [0.2, 0.25) is 0 Å². The Labute approximate surface area is 231 Å². The lowest BCUT2D eigenvalue weighted by molar-refractivity contribution is -0.142. The van der Waals surface area contributed by atoms with E-state index < -0.39 is 5.97 Å². The number of carbonyl (C=O) groups is 1. The predicted molar refractivity (Wildman–Crippen MR) is 154 cm³/mol. The summed E-state index contributed by atoms with van der Waals surface area (Å²) in [6.45, 7) is 4.57. The second-order valence-electron chi connectivity index (χ2n) is 13.4. The number of aliphatic carboxylic acids is 1. The van der Waals surface area contributed by atoms with Crippen molar-refractivity contribution in [1.29, 1.82) is 0 Å². The van der Waals surface area contributed by atoms with Crippen LogP contribution in [0.25, 0.3) is 0 Å². The number of carboxylic acid groups (broad SMARTS) is 1. The Kier molecular flexibility index (Phi) is 10.6. The minimum atomic E-state index is -0.602. The molecular formula is C34H54O4. The molecule has 0 aromatic heterocycles. The Bertz CT molecular complexity index is 896. The molecule has 0 aliphatic heterocycles. The Morgan fingerprint density at radius 3 is 2.37 bits per heavy atom. The van der Waals surface area contributed by atoms with E-state index in [2.05, 4.69) is 19.9 Å². The number of unbranched alkanes of at least 4 members (excludes halogenated alkanes) is 8. The van der Waals surface area contributed by atoms with E-state index in [0.29, 0.717) is 29.4 Å². The molecule has 0 radical (unpaired) electrons. The first-order chi connectivity index (χ1) is 18.3. The van der Waals surface area contributed by atoms with Crippen LogP contribution in [0.1, 0.15) is 140 Å². The van der Waals surface area contributed by atoms with Crippen molar-refractivity contribution >= 4 is 5.97 Å². The molecule has 1 aromatic carbocycles. The molecule has 5 unspecified atom stereocenters. The van der Waals surface area contributed by atoms with Crippen molar-refractivity contribution in [2.45, 2.75) is 141 Å². The lowest BCUT2D eigenvalue weighted by atomic mass is 9.51. The van der Waals surface area contributed by atoms with Gasteiger partial charge < -0.3 is 15.3 Å². The van der Waals surface area contributed by atoms with Crippen LogP contribution < -0.4 is 0 Å². The molecule has 0 amide bonds. The van der Waals surface area contributed by atoms with Crippen LogP contribution in [0, 0.1) is 29.1 Å². The molecule has 3 N–H and O–H groups in total. The first-order valence-corrected chi connectivity index (χ1v) is 16.1. The Morgan fingerprint density at radius 1 is 0.974 bits per heavy atom. The Hall–Kier alpha value is -1.55. The molecule has 2 fully saturated rings. The normalized spacial score (nSPS) is 30.9. The summed E-state index contributed by atoms with van der Waals surface area (Å²) in [6, 6.07) is 6.09. The summed E-state index contributed by atoms with van der Waals surface area (Å²) in [6.07, 6.45) is 20.0. The third-order valence-corrected chi connectivity index (χ3v) is 10.9. The van der Waals surface area contributed by atoms with Crippen LogP contribution in [0.4, 0.5) is 0 Å². The summed E-state index contributed by atoms with van der Waals surface area (Å²) < 4.78 is 0. The van der Waals surface area contributed by atoms with E-state index in [0.717, 1.165) is 57.8 Å². The average Bonchev–Trinajstić information content (AvgIpc) is 3.19. The van der Waals surface area contributed by atoms with Crippen molar-refractivity contribution in [2.75, 3.05) is 0 Å². The summed E-state index contributed by atoms with van der Waals surface area (Å²) in [4.78, 5) is 11.6. The molecule has 4 nitrogen and oxygen atoms in total. The first-order valence-electron chi connectivity index (χ1n) is 16.1. The van der Waals surface area contributed by atoms with E-state index in [-0.39, 0.29) is 17.4 Å². The van der Waals surface area contributed by atoms with E-state index in [4.69, 9.17) is 0 Å². The van der Waals surface area contributed by atoms with Gasteiger partial charge in [-0.25, -0.2) is 0 Å². The van der Waals surface area contributed by atoms with Gasteiger partial charge in [-0.05, 0) is 104 Å². The molecule has 4 heteroatoms. The molecule has 38 heavy (non-hydrogen) atoms. The number of aromatic hydroxyl groups is 1. The van der Waals surface area contributed by atoms with Gasteiger partial charge in [0.2, 0.25) is 0 Å². The summed E-state index contributed by atoms with van der Waals surface area (Å²) in [5, 5.41) is 30.6. The SMILES string of the molecule is CCCCCCC(CCCCCCCC[C@H]1C[C@]2(C)C(O)CCC2C2CCc3cc(O)ccc3C21)C(=O)O. The third-order valence-electron chi connectivity index (χ3n) is 10.9. The van der Waals surface area contributed by atoms with E-state index in [9.17, 15) is 20.1 Å². The van der Waals surface area contributed by atoms with Gasteiger partial charge in [-0.3, -0.25) is 4.79 Å². The molecule has 7 atom stereocenters. The highest BCUT2D eigenvalue weighted by Crippen LogP contribution is 2.63. The molecule has 214 valence electrons. The number of rotatable bonds is 15. The van der Waals surface area contributed by atoms with Crippen LogP contribution >= 0.6 is 0 Å². The summed E-state index contributed by atoms with van der Waals surface area (Å²) in [5.74, 6) is 2.12. The van der Waals surface area contributed by atoms with Gasteiger partial charge in [-0.1, -0.05) is 84.1 Å². The smallest absolute Gasteiger partial charge is 0.306 e. The number of aliphatic hydroxyl groups is 1. The second kappa shape index (κ2) is 13.7. The van der Waals surface area contributed by atoms with Crippen molar-refractivity contribution < 1.29 is 20.1 Å². The minimum Gasteiger partial charge on any atom is -0.508 e. The number of hydrogen-bond acceptors (Lipinski definition) is 3. The van der Waals surface area contributed by atoms with Crippen LogP contribution in [-0.4, -0.2) is 27.4 Å². The van der Waals surface area contributed by atoms with Gasteiger partial charge in [0.1, 0.15) is 5.75 Å². The van der Waals surface area contributed by atoms with Gasteiger partial charge in [0.15, 0.2) is 0 Å². The van der Waals surface area contributed by atoms with Crippen LogP contribution in [0.15, 0.2) is 18.2 Å². The van der Waals surface area contributed by atoms with Gasteiger partial charge >= 0.3 is 5.97 Å². The number of phenolic OH excluding ortho intramolecular Hbond substituents is 1. The number of phenols is 1. The summed E-state index contributed by atoms with van der Waals surface area (Å²) in [5.41, 5.74) is 2.90. The lowest BCUT2D eigenvalue weighted by Crippen LogP contribution is -2.47. The van der Waals surface area contributed by atoms with Gasteiger partial charge in [-0.15, -0.1) is 0 Å². The standard InChI is InChI=1S/C34H54O4/c1-3-4-5-10-13-24(33(37)38)14-11-8-6-7-9-12-15-26-23-34(2)30(20-21-31(34)36)29-18-16-25-22-27(35)17-19-28(25)32(26)29/h17,19,22,24,26,29-32,35-36H,3-16,18,20-21,23H2,1-2H3,(H,37,38)/t24?,26-,29?,30?,31?,32?,34-/m0/s1. The number of fused-ring (bicyclic) bond motifs is 5. The monoisotopic (exact) mass is 526 g/mol. The molecule has 0 bridgehead atoms. The zero-order valence-corrected chi connectivity index (χ0v) is 24.2. The topological polar surface area (TPSA) is 77.8 Å². The van der Waals surface area contributed by atoms with Gasteiger partial charge in [0.25, 0.3) is 0 Å². The van der Waals surface area contributed by atoms with E-state index in [1.807, 2.05) is 12.1 Å². The van der Waals surface area contributed by atoms with Crippen LogP contribution in [0.3, 0.4) is 0 Å². The van der Waals surface area contributed by atoms with Crippen molar-refractivity contribution in [3.63, 3.8) is 0 Å². The third kappa shape index (κ3) is 6.77. The zero-order valence-electron chi connectivity index (χ0n) is 24.2. The molecule has 3 aliphatic rings. The Morgan fingerprint density at radius 2 is 1.66 bits per heavy atom. The van der Waals surface area contributed by atoms with Crippen molar-refractivity contribution in [3.8, 4) is 5.75 Å². The molecule has 0 heterocycles. The largest absolute Gasteiger partial charge is 0.508 e.